The molecule has 0 saturated carbocycles. The first-order valence-corrected chi connectivity index (χ1v) is 12.6. The van der Waals surface area contributed by atoms with E-state index in [1.54, 1.807) is 17.8 Å². The lowest BCUT2D eigenvalue weighted by Gasteiger charge is -2.08. The van der Waals surface area contributed by atoms with Gasteiger partial charge in [-0.25, -0.2) is 9.59 Å². The Morgan fingerprint density at radius 3 is 2.29 bits per heavy atom. The highest BCUT2D eigenvalue weighted by Crippen LogP contribution is 2.32. The van der Waals surface area contributed by atoms with Crippen LogP contribution in [-0.2, 0) is 25.7 Å². The SMILES string of the molecule is CCCCCCC/C(=N\OC(C)=O)c1ccc(Sc2ccc3c(c2)CC(=NOC(C)=O)C3=O)cc1. The lowest BCUT2D eigenvalue weighted by molar-refractivity contribution is -0.141. The molecule has 0 bridgehead atoms. The van der Waals surface area contributed by atoms with Gasteiger partial charge in [-0.05, 0) is 54.3 Å². The minimum Gasteiger partial charge on any atom is -0.318 e. The zero-order valence-corrected chi connectivity index (χ0v) is 21.2. The summed E-state index contributed by atoms with van der Waals surface area (Å²) in [7, 11) is 0. The molecule has 0 saturated heterocycles. The van der Waals surface area contributed by atoms with Crippen molar-refractivity contribution < 1.29 is 24.1 Å². The number of fused-ring (bicyclic) bond motifs is 1. The Labute approximate surface area is 209 Å². The van der Waals surface area contributed by atoms with Gasteiger partial charge in [0.05, 0.1) is 5.71 Å². The summed E-state index contributed by atoms with van der Waals surface area (Å²) < 4.78 is 0. The fraction of sp³-hybridized carbons (Fsp3) is 0.370. The summed E-state index contributed by atoms with van der Waals surface area (Å²) in [5.41, 5.74) is 3.37. The topological polar surface area (TPSA) is 94.4 Å². The Morgan fingerprint density at radius 2 is 1.60 bits per heavy atom. The van der Waals surface area contributed by atoms with Gasteiger partial charge in [0.2, 0.25) is 5.78 Å². The Balaban J connectivity index is 1.67. The zero-order chi connectivity index (χ0) is 25.2. The maximum Gasteiger partial charge on any atom is 0.331 e. The minimum atomic E-state index is -0.557. The van der Waals surface area contributed by atoms with Crippen LogP contribution in [0.5, 0.6) is 0 Å². The van der Waals surface area contributed by atoms with E-state index in [9.17, 15) is 14.4 Å². The van der Waals surface area contributed by atoms with Crippen molar-refractivity contribution in [3.8, 4) is 0 Å². The van der Waals surface area contributed by atoms with Crippen LogP contribution in [0, 0.1) is 0 Å². The third-order valence-electron chi connectivity index (χ3n) is 5.45. The van der Waals surface area contributed by atoms with Gasteiger partial charge in [0, 0.05) is 35.6 Å². The molecule has 0 aliphatic heterocycles. The van der Waals surface area contributed by atoms with E-state index in [2.05, 4.69) is 22.1 Å². The maximum atomic E-state index is 12.4. The largest absolute Gasteiger partial charge is 0.331 e. The van der Waals surface area contributed by atoms with Crippen LogP contribution < -0.4 is 0 Å². The van der Waals surface area contributed by atoms with Gasteiger partial charge in [0.25, 0.3) is 0 Å². The fourth-order valence-corrected chi connectivity index (χ4v) is 4.60. The number of Topliss-reactive ketones (excluding diaryl/α,β-unsaturated/α-hetero) is 1. The van der Waals surface area contributed by atoms with Crippen molar-refractivity contribution in [2.45, 2.75) is 75.5 Å². The molecular weight excluding hydrogens is 464 g/mol. The van der Waals surface area contributed by atoms with Gasteiger partial charge < -0.3 is 9.68 Å². The van der Waals surface area contributed by atoms with Crippen LogP contribution in [0.15, 0.2) is 62.6 Å². The van der Waals surface area contributed by atoms with Gasteiger partial charge in [0.15, 0.2) is 0 Å². The van der Waals surface area contributed by atoms with E-state index in [4.69, 9.17) is 4.84 Å². The zero-order valence-electron chi connectivity index (χ0n) is 20.3. The average Bonchev–Trinajstić information content (AvgIpc) is 3.14. The van der Waals surface area contributed by atoms with E-state index in [1.807, 2.05) is 36.4 Å². The predicted octanol–water partition coefficient (Wildman–Crippen LogP) is 6.12. The molecule has 7 nitrogen and oxygen atoms in total. The van der Waals surface area contributed by atoms with Crippen LogP contribution >= 0.6 is 11.8 Å². The monoisotopic (exact) mass is 494 g/mol. The van der Waals surface area contributed by atoms with Crippen LogP contribution in [0.3, 0.4) is 0 Å². The summed E-state index contributed by atoms with van der Waals surface area (Å²) in [6, 6.07) is 13.6. The van der Waals surface area contributed by atoms with Crippen molar-refractivity contribution >= 4 is 40.9 Å². The molecule has 1 aliphatic rings. The van der Waals surface area contributed by atoms with Gasteiger partial charge in [0.1, 0.15) is 5.71 Å². The van der Waals surface area contributed by atoms with Crippen LogP contribution in [-0.4, -0.2) is 29.1 Å². The third-order valence-corrected chi connectivity index (χ3v) is 6.45. The quantitative estimate of drug-likeness (QED) is 0.162. The first-order valence-electron chi connectivity index (χ1n) is 11.8. The van der Waals surface area contributed by atoms with Crippen LogP contribution in [0.2, 0.25) is 0 Å². The Morgan fingerprint density at radius 1 is 0.914 bits per heavy atom. The fourth-order valence-electron chi connectivity index (χ4n) is 3.72. The highest BCUT2D eigenvalue weighted by atomic mass is 32.2. The average molecular weight is 495 g/mol. The Hall–Kier alpha value is -3.26. The van der Waals surface area contributed by atoms with Gasteiger partial charge in [-0.1, -0.05) is 66.8 Å². The molecule has 2 aromatic carbocycles. The molecule has 0 atom stereocenters. The smallest absolute Gasteiger partial charge is 0.318 e. The third kappa shape index (κ3) is 7.89. The van der Waals surface area contributed by atoms with Crippen LogP contribution in [0.25, 0.3) is 0 Å². The molecule has 184 valence electrons. The predicted molar refractivity (Wildman–Crippen MR) is 136 cm³/mol. The number of hydrogen-bond acceptors (Lipinski definition) is 8. The van der Waals surface area contributed by atoms with Crippen molar-refractivity contribution in [2.24, 2.45) is 10.3 Å². The second kappa shape index (κ2) is 13.0. The number of nitrogens with zero attached hydrogens (tertiary/aromatic N) is 2. The summed E-state index contributed by atoms with van der Waals surface area (Å²) in [4.78, 5) is 46.3. The Bertz CT molecular complexity index is 1140. The molecule has 35 heavy (non-hydrogen) atoms. The minimum absolute atomic E-state index is 0.212. The van der Waals surface area contributed by atoms with E-state index in [-0.39, 0.29) is 11.5 Å². The van der Waals surface area contributed by atoms with E-state index in [0.717, 1.165) is 45.9 Å². The molecule has 0 spiro atoms. The lowest BCUT2D eigenvalue weighted by atomic mass is 10.0. The number of oxime groups is 2. The number of unbranched alkanes of at least 4 members (excludes halogenated alkanes) is 4. The first-order chi connectivity index (χ1) is 16.9. The maximum absolute atomic E-state index is 12.4. The molecule has 0 amide bonds. The molecule has 0 aromatic heterocycles. The van der Waals surface area contributed by atoms with Crippen LogP contribution in [0.4, 0.5) is 0 Å². The number of carbonyl (C=O) groups excluding carboxylic acids is 3. The second-order valence-electron chi connectivity index (χ2n) is 8.36. The lowest BCUT2D eigenvalue weighted by Crippen LogP contribution is -2.09. The van der Waals surface area contributed by atoms with Crippen molar-refractivity contribution in [1.29, 1.82) is 0 Å². The summed E-state index contributed by atoms with van der Waals surface area (Å²) >= 11 is 1.58. The number of rotatable bonds is 11. The number of ketones is 1. The Kier molecular flexibility index (Phi) is 9.78. The molecule has 0 heterocycles. The molecule has 0 N–H and O–H groups in total. The summed E-state index contributed by atoms with van der Waals surface area (Å²) in [5, 5.41) is 7.78. The summed E-state index contributed by atoms with van der Waals surface area (Å²) in [6.07, 6.45) is 6.80. The molecule has 3 rings (SSSR count). The number of carbonyl (C=O) groups is 3. The van der Waals surface area contributed by atoms with Crippen molar-refractivity contribution in [3.05, 3.63) is 59.2 Å². The number of benzene rings is 2. The van der Waals surface area contributed by atoms with E-state index < -0.39 is 11.9 Å². The first kappa shape index (κ1) is 26.3. The van der Waals surface area contributed by atoms with Crippen molar-refractivity contribution in [1.82, 2.24) is 0 Å². The van der Waals surface area contributed by atoms with E-state index in [1.165, 1.54) is 33.1 Å². The van der Waals surface area contributed by atoms with E-state index >= 15 is 0 Å². The van der Waals surface area contributed by atoms with Gasteiger partial charge in [-0.15, -0.1) is 0 Å². The van der Waals surface area contributed by atoms with Crippen LogP contribution in [0.1, 0.15) is 80.8 Å². The van der Waals surface area contributed by atoms with Crippen molar-refractivity contribution in [3.63, 3.8) is 0 Å². The van der Waals surface area contributed by atoms with Gasteiger partial charge >= 0.3 is 11.9 Å². The standard InChI is InChI=1S/C27H30N2O5S/c1-4-5-6-7-8-9-25(28-33-18(2)30)20-10-12-22(13-11-20)35-23-14-15-24-21(16-23)17-26(27(24)32)29-34-19(3)31/h10-16H,4-9,17H2,1-3H3/b28-25+,29-26?. The normalized spacial score (nSPS) is 14.2. The summed E-state index contributed by atoms with van der Waals surface area (Å²) in [6.45, 7) is 4.78. The molecular formula is C27H30N2O5S. The molecule has 0 unspecified atom stereocenters. The number of hydrogen-bond donors (Lipinski definition) is 0. The van der Waals surface area contributed by atoms with E-state index in [0.29, 0.717) is 12.0 Å². The molecule has 2 aromatic rings. The second-order valence-corrected chi connectivity index (χ2v) is 9.50. The molecule has 0 fully saturated rings. The van der Waals surface area contributed by atoms with Gasteiger partial charge in [-0.3, -0.25) is 4.79 Å². The highest BCUT2D eigenvalue weighted by Gasteiger charge is 2.27. The molecule has 0 radical (unpaired) electrons. The summed E-state index contributed by atoms with van der Waals surface area (Å²) in [5.74, 6) is -1.20. The molecule has 1 aliphatic carbocycles. The highest BCUT2D eigenvalue weighted by molar-refractivity contribution is 7.99. The van der Waals surface area contributed by atoms with Gasteiger partial charge in [-0.2, -0.15) is 0 Å². The van der Waals surface area contributed by atoms with Crippen molar-refractivity contribution in [2.75, 3.05) is 0 Å². The molecule has 8 heteroatoms.